The van der Waals surface area contributed by atoms with Crippen LogP contribution in [0.2, 0.25) is 0 Å². The third-order valence-electron chi connectivity index (χ3n) is 3.01. The van der Waals surface area contributed by atoms with Crippen LogP contribution in [-0.4, -0.2) is 37.2 Å². The molecule has 2 N–H and O–H groups in total. The summed E-state index contributed by atoms with van der Waals surface area (Å²) in [4.78, 5) is 2.18. The maximum Gasteiger partial charge on any atom is 0.128 e. The number of benzene rings is 1. The zero-order valence-electron chi connectivity index (χ0n) is 9.53. The highest BCUT2D eigenvalue weighted by atomic mass is 79.9. The average Bonchev–Trinajstić information content (AvgIpc) is 2.33. The molecule has 1 aliphatic rings. The van der Waals surface area contributed by atoms with Gasteiger partial charge in [-0.3, -0.25) is 4.90 Å². The molecule has 0 amide bonds. The van der Waals surface area contributed by atoms with Gasteiger partial charge in [-0.25, -0.2) is 4.39 Å². The smallest absolute Gasteiger partial charge is 0.128 e. The van der Waals surface area contributed by atoms with E-state index in [0.29, 0.717) is 31.9 Å². The minimum Gasteiger partial charge on any atom is -0.378 e. The van der Waals surface area contributed by atoms with Crippen LogP contribution in [0.25, 0.3) is 0 Å². The minimum atomic E-state index is -0.179. The Kier molecular flexibility index (Phi) is 4.50. The van der Waals surface area contributed by atoms with E-state index in [9.17, 15) is 4.39 Å². The molecular formula is C12H16BrFN2O. The Hall–Kier alpha value is -0.490. The topological polar surface area (TPSA) is 38.5 Å². The van der Waals surface area contributed by atoms with E-state index in [1.165, 1.54) is 6.07 Å². The number of nitrogens with zero attached hydrogens (tertiary/aromatic N) is 1. The van der Waals surface area contributed by atoms with Gasteiger partial charge in [0.2, 0.25) is 0 Å². The number of hydrogen-bond donors (Lipinski definition) is 1. The summed E-state index contributed by atoms with van der Waals surface area (Å²) in [7, 11) is 0. The third kappa shape index (κ3) is 3.25. The Morgan fingerprint density at radius 1 is 1.53 bits per heavy atom. The van der Waals surface area contributed by atoms with Gasteiger partial charge >= 0.3 is 0 Å². The Balaban J connectivity index is 2.08. The Bertz CT molecular complexity index is 389. The van der Waals surface area contributed by atoms with Gasteiger partial charge in [-0.05, 0) is 12.1 Å². The first kappa shape index (κ1) is 13.0. The summed E-state index contributed by atoms with van der Waals surface area (Å²) in [5, 5.41) is 0. The number of hydrogen-bond acceptors (Lipinski definition) is 3. The van der Waals surface area contributed by atoms with Crippen LogP contribution in [-0.2, 0) is 11.3 Å². The zero-order chi connectivity index (χ0) is 12.3. The van der Waals surface area contributed by atoms with Crippen LogP contribution < -0.4 is 5.73 Å². The van der Waals surface area contributed by atoms with Gasteiger partial charge in [0.1, 0.15) is 5.82 Å². The highest BCUT2D eigenvalue weighted by molar-refractivity contribution is 9.10. The first-order valence-corrected chi connectivity index (χ1v) is 6.46. The lowest BCUT2D eigenvalue weighted by atomic mass is 10.1. The molecule has 1 aliphatic heterocycles. The lowest BCUT2D eigenvalue weighted by Gasteiger charge is -2.34. The predicted octanol–water partition coefficient (Wildman–Crippen LogP) is 1.75. The molecule has 3 nitrogen and oxygen atoms in total. The van der Waals surface area contributed by atoms with Gasteiger partial charge in [0.25, 0.3) is 0 Å². The quantitative estimate of drug-likeness (QED) is 0.924. The zero-order valence-corrected chi connectivity index (χ0v) is 11.1. The van der Waals surface area contributed by atoms with Crippen molar-refractivity contribution < 1.29 is 9.13 Å². The van der Waals surface area contributed by atoms with Crippen LogP contribution in [0.3, 0.4) is 0 Å². The normalized spacial score (nSPS) is 21.7. The molecule has 1 fully saturated rings. The van der Waals surface area contributed by atoms with Crippen molar-refractivity contribution in [2.24, 2.45) is 5.73 Å². The maximum absolute atomic E-state index is 13.7. The number of halogens is 2. The standard InChI is InChI=1S/C12H16BrFN2O/c13-10-2-1-9(12(14)5-10)7-16-3-4-17-8-11(16)6-15/h1-2,5,11H,3-4,6-8,15H2. The average molecular weight is 303 g/mol. The summed E-state index contributed by atoms with van der Waals surface area (Å²) in [6.07, 6.45) is 0. The summed E-state index contributed by atoms with van der Waals surface area (Å²) in [5.41, 5.74) is 6.39. The second kappa shape index (κ2) is 5.91. The Labute approximate surface area is 109 Å². The van der Waals surface area contributed by atoms with Crippen molar-refractivity contribution >= 4 is 15.9 Å². The number of nitrogens with two attached hydrogens (primary N) is 1. The molecule has 2 rings (SSSR count). The van der Waals surface area contributed by atoms with Gasteiger partial charge in [0.15, 0.2) is 0 Å². The molecule has 1 saturated heterocycles. The second-order valence-electron chi connectivity index (χ2n) is 4.17. The van der Waals surface area contributed by atoms with E-state index in [2.05, 4.69) is 20.8 Å². The lowest BCUT2D eigenvalue weighted by molar-refractivity contribution is -0.00835. The molecule has 94 valence electrons. The van der Waals surface area contributed by atoms with Gasteiger partial charge in [0, 0.05) is 35.7 Å². The Morgan fingerprint density at radius 3 is 3.06 bits per heavy atom. The van der Waals surface area contributed by atoms with Crippen molar-refractivity contribution in [2.75, 3.05) is 26.3 Å². The van der Waals surface area contributed by atoms with Crippen molar-refractivity contribution in [3.8, 4) is 0 Å². The van der Waals surface area contributed by atoms with Crippen molar-refractivity contribution in [1.29, 1.82) is 0 Å². The lowest BCUT2D eigenvalue weighted by Crippen LogP contribution is -2.48. The molecule has 1 aromatic carbocycles. The SMILES string of the molecule is NCC1COCCN1Cc1ccc(Br)cc1F. The largest absolute Gasteiger partial charge is 0.378 e. The van der Waals surface area contributed by atoms with Gasteiger partial charge in [0.05, 0.1) is 13.2 Å². The molecule has 0 aliphatic carbocycles. The second-order valence-corrected chi connectivity index (χ2v) is 5.09. The summed E-state index contributed by atoms with van der Waals surface area (Å²) >= 11 is 3.25. The number of ether oxygens (including phenoxy) is 1. The van der Waals surface area contributed by atoms with Crippen molar-refractivity contribution in [2.45, 2.75) is 12.6 Å². The van der Waals surface area contributed by atoms with Gasteiger partial charge in [-0.2, -0.15) is 0 Å². The molecular weight excluding hydrogens is 287 g/mol. The van der Waals surface area contributed by atoms with E-state index in [1.54, 1.807) is 0 Å². The van der Waals surface area contributed by atoms with Crippen molar-refractivity contribution in [1.82, 2.24) is 4.90 Å². The van der Waals surface area contributed by atoms with Gasteiger partial charge in [-0.15, -0.1) is 0 Å². The number of rotatable bonds is 3. The first-order chi connectivity index (χ1) is 8.20. The van der Waals surface area contributed by atoms with Gasteiger partial charge < -0.3 is 10.5 Å². The fraction of sp³-hybridized carbons (Fsp3) is 0.500. The first-order valence-electron chi connectivity index (χ1n) is 5.66. The van der Waals surface area contributed by atoms with Crippen LogP contribution in [0.5, 0.6) is 0 Å². The highest BCUT2D eigenvalue weighted by Crippen LogP contribution is 2.18. The van der Waals surface area contributed by atoms with Gasteiger partial charge in [-0.1, -0.05) is 22.0 Å². The van der Waals surface area contributed by atoms with Crippen molar-refractivity contribution in [3.63, 3.8) is 0 Å². The van der Waals surface area contributed by atoms with E-state index >= 15 is 0 Å². The molecule has 0 saturated carbocycles. The summed E-state index contributed by atoms with van der Waals surface area (Å²) in [6, 6.07) is 5.35. The predicted molar refractivity (Wildman–Crippen MR) is 68.2 cm³/mol. The highest BCUT2D eigenvalue weighted by Gasteiger charge is 2.22. The molecule has 5 heteroatoms. The van der Waals surface area contributed by atoms with E-state index in [1.807, 2.05) is 12.1 Å². The van der Waals surface area contributed by atoms with Crippen LogP contribution >= 0.6 is 15.9 Å². The van der Waals surface area contributed by atoms with Crippen LogP contribution in [0.4, 0.5) is 4.39 Å². The van der Waals surface area contributed by atoms with Crippen LogP contribution in [0.15, 0.2) is 22.7 Å². The van der Waals surface area contributed by atoms with E-state index in [4.69, 9.17) is 10.5 Å². The van der Waals surface area contributed by atoms with Crippen LogP contribution in [0.1, 0.15) is 5.56 Å². The minimum absolute atomic E-state index is 0.179. The molecule has 0 bridgehead atoms. The molecule has 0 radical (unpaired) electrons. The summed E-state index contributed by atoms with van der Waals surface area (Å²) in [6.45, 7) is 3.25. The fourth-order valence-electron chi connectivity index (χ4n) is 1.98. The van der Waals surface area contributed by atoms with E-state index < -0.39 is 0 Å². The van der Waals surface area contributed by atoms with Crippen LogP contribution in [0, 0.1) is 5.82 Å². The van der Waals surface area contributed by atoms with Crippen molar-refractivity contribution in [3.05, 3.63) is 34.1 Å². The summed E-state index contributed by atoms with van der Waals surface area (Å²) < 4.78 is 19.8. The summed E-state index contributed by atoms with van der Waals surface area (Å²) in [5.74, 6) is -0.179. The molecule has 0 spiro atoms. The third-order valence-corrected chi connectivity index (χ3v) is 3.50. The molecule has 17 heavy (non-hydrogen) atoms. The molecule has 1 unspecified atom stereocenters. The monoisotopic (exact) mass is 302 g/mol. The van der Waals surface area contributed by atoms with E-state index in [-0.39, 0.29) is 11.9 Å². The molecule has 0 aromatic heterocycles. The van der Waals surface area contributed by atoms with E-state index in [0.717, 1.165) is 11.0 Å². The molecule has 1 atom stereocenters. The molecule has 1 heterocycles. The molecule has 1 aromatic rings. The Morgan fingerprint density at radius 2 is 2.35 bits per heavy atom. The fourth-order valence-corrected chi connectivity index (χ4v) is 2.32. The number of morpholine rings is 1. The maximum atomic E-state index is 13.7.